The lowest BCUT2D eigenvalue weighted by Gasteiger charge is -2.10. The standard InChI is InChI=1S/C19H20N4O2S/c1-13(24)15-7-6-8-16(11-15)20-18(25)12-26-19-22-21-14(2)23(19)17-9-4-3-5-10-17/h3-11,13,24H,12H2,1-2H3,(H,20,25). The minimum atomic E-state index is -0.575. The number of aliphatic hydroxyl groups is 1. The van der Waals surface area contributed by atoms with Crippen LogP contribution in [0.3, 0.4) is 0 Å². The quantitative estimate of drug-likeness (QED) is 0.652. The Kier molecular flexibility index (Phi) is 5.70. The van der Waals surface area contributed by atoms with Crippen LogP contribution in [0.25, 0.3) is 5.69 Å². The summed E-state index contributed by atoms with van der Waals surface area (Å²) in [6.07, 6.45) is -0.575. The number of hydrogen-bond acceptors (Lipinski definition) is 5. The molecule has 0 fully saturated rings. The summed E-state index contributed by atoms with van der Waals surface area (Å²) in [5, 5.41) is 21.4. The lowest BCUT2D eigenvalue weighted by molar-refractivity contribution is -0.113. The zero-order chi connectivity index (χ0) is 18.5. The van der Waals surface area contributed by atoms with Crippen molar-refractivity contribution in [3.63, 3.8) is 0 Å². The van der Waals surface area contributed by atoms with E-state index in [1.165, 1.54) is 11.8 Å². The van der Waals surface area contributed by atoms with Crippen LogP contribution in [0.5, 0.6) is 0 Å². The van der Waals surface area contributed by atoms with E-state index in [0.29, 0.717) is 10.8 Å². The Morgan fingerprint density at radius 2 is 1.96 bits per heavy atom. The van der Waals surface area contributed by atoms with Gasteiger partial charge >= 0.3 is 0 Å². The number of thioether (sulfide) groups is 1. The van der Waals surface area contributed by atoms with Crippen LogP contribution in [-0.4, -0.2) is 31.5 Å². The van der Waals surface area contributed by atoms with Crippen molar-refractivity contribution < 1.29 is 9.90 Å². The van der Waals surface area contributed by atoms with E-state index in [1.54, 1.807) is 25.1 Å². The molecule has 1 aromatic heterocycles. The van der Waals surface area contributed by atoms with Gasteiger partial charge in [0.2, 0.25) is 5.91 Å². The van der Waals surface area contributed by atoms with Gasteiger partial charge in [0, 0.05) is 11.4 Å². The molecule has 1 amide bonds. The van der Waals surface area contributed by atoms with Crippen molar-refractivity contribution in [2.24, 2.45) is 0 Å². The molecule has 134 valence electrons. The van der Waals surface area contributed by atoms with Crippen LogP contribution in [0, 0.1) is 6.92 Å². The van der Waals surface area contributed by atoms with E-state index in [0.717, 1.165) is 17.1 Å². The second kappa shape index (κ2) is 8.16. The number of anilines is 1. The number of rotatable bonds is 6. The average Bonchev–Trinajstić information content (AvgIpc) is 3.01. The molecule has 6 nitrogen and oxygen atoms in total. The number of aryl methyl sites for hydroxylation is 1. The van der Waals surface area contributed by atoms with Crippen LogP contribution >= 0.6 is 11.8 Å². The molecular formula is C19H20N4O2S. The maximum atomic E-state index is 12.3. The Hall–Kier alpha value is -2.64. The van der Waals surface area contributed by atoms with E-state index in [4.69, 9.17) is 0 Å². The minimum absolute atomic E-state index is 0.141. The third kappa shape index (κ3) is 4.30. The Balaban J connectivity index is 1.67. The molecule has 0 saturated heterocycles. The van der Waals surface area contributed by atoms with Crippen LogP contribution in [0.4, 0.5) is 5.69 Å². The van der Waals surface area contributed by atoms with Gasteiger partial charge in [0.1, 0.15) is 5.82 Å². The zero-order valence-electron chi connectivity index (χ0n) is 14.6. The van der Waals surface area contributed by atoms with Gasteiger partial charge < -0.3 is 10.4 Å². The lowest BCUT2D eigenvalue weighted by atomic mass is 10.1. The molecule has 0 saturated carbocycles. The molecule has 0 bridgehead atoms. The molecule has 1 unspecified atom stereocenters. The van der Waals surface area contributed by atoms with E-state index in [1.807, 2.05) is 47.9 Å². The molecule has 26 heavy (non-hydrogen) atoms. The Labute approximate surface area is 156 Å². The van der Waals surface area contributed by atoms with Gasteiger partial charge in [-0.3, -0.25) is 9.36 Å². The monoisotopic (exact) mass is 368 g/mol. The van der Waals surface area contributed by atoms with Crippen molar-refractivity contribution in [1.82, 2.24) is 14.8 Å². The molecule has 0 aliphatic heterocycles. The van der Waals surface area contributed by atoms with Gasteiger partial charge in [0.25, 0.3) is 0 Å². The summed E-state index contributed by atoms with van der Waals surface area (Å²) >= 11 is 1.33. The van der Waals surface area contributed by atoms with Gasteiger partial charge in [-0.25, -0.2) is 0 Å². The molecule has 0 spiro atoms. The second-order valence-corrected chi connectivity index (χ2v) is 6.78. The predicted molar refractivity (Wildman–Crippen MR) is 103 cm³/mol. The molecule has 2 N–H and O–H groups in total. The summed E-state index contributed by atoms with van der Waals surface area (Å²) in [6, 6.07) is 17.0. The number of amides is 1. The van der Waals surface area contributed by atoms with E-state index in [2.05, 4.69) is 15.5 Å². The third-order valence-electron chi connectivity index (χ3n) is 3.79. The summed E-state index contributed by atoms with van der Waals surface area (Å²) in [6.45, 7) is 3.57. The average molecular weight is 368 g/mol. The fourth-order valence-corrected chi connectivity index (χ4v) is 3.31. The highest BCUT2D eigenvalue weighted by molar-refractivity contribution is 7.99. The number of hydrogen-bond donors (Lipinski definition) is 2. The number of carbonyl (C=O) groups excluding carboxylic acids is 1. The Morgan fingerprint density at radius 1 is 1.19 bits per heavy atom. The first-order valence-corrected chi connectivity index (χ1v) is 9.21. The number of nitrogens with one attached hydrogen (secondary N) is 1. The number of carbonyl (C=O) groups is 1. The van der Waals surface area contributed by atoms with Crippen molar-refractivity contribution >= 4 is 23.4 Å². The molecule has 0 aliphatic rings. The van der Waals surface area contributed by atoms with Crippen molar-refractivity contribution in [2.75, 3.05) is 11.1 Å². The van der Waals surface area contributed by atoms with Gasteiger partial charge in [0.05, 0.1) is 11.9 Å². The number of aliphatic hydroxyl groups excluding tert-OH is 1. The highest BCUT2D eigenvalue weighted by Gasteiger charge is 2.13. The SMILES string of the molecule is Cc1nnc(SCC(=O)Nc2cccc(C(C)O)c2)n1-c1ccccc1. The van der Waals surface area contributed by atoms with Gasteiger partial charge in [-0.05, 0) is 43.7 Å². The van der Waals surface area contributed by atoms with E-state index in [-0.39, 0.29) is 11.7 Å². The summed E-state index contributed by atoms with van der Waals surface area (Å²) in [7, 11) is 0. The number of para-hydroxylation sites is 1. The zero-order valence-corrected chi connectivity index (χ0v) is 15.4. The molecule has 1 heterocycles. The topological polar surface area (TPSA) is 80.0 Å². The fraction of sp³-hybridized carbons (Fsp3) is 0.211. The fourth-order valence-electron chi connectivity index (χ4n) is 2.51. The van der Waals surface area contributed by atoms with Gasteiger partial charge in [-0.1, -0.05) is 42.1 Å². The van der Waals surface area contributed by atoms with Gasteiger partial charge in [-0.2, -0.15) is 0 Å². The van der Waals surface area contributed by atoms with Crippen LogP contribution in [-0.2, 0) is 4.79 Å². The largest absolute Gasteiger partial charge is 0.389 e. The molecule has 2 aromatic carbocycles. The normalized spacial score (nSPS) is 12.0. The maximum Gasteiger partial charge on any atom is 0.234 e. The third-order valence-corrected chi connectivity index (χ3v) is 4.72. The smallest absolute Gasteiger partial charge is 0.234 e. The van der Waals surface area contributed by atoms with Crippen LogP contribution < -0.4 is 5.32 Å². The first kappa shape index (κ1) is 18.2. The van der Waals surface area contributed by atoms with E-state index < -0.39 is 6.10 Å². The van der Waals surface area contributed by atoms with Gasteiger partial charge in [0.15, 0.2) is 5.16 Å². The summed E-state index contributed by atoms with van der Waals surface area (Å²) in [4.78, 5) is 12.3. The number of aromatic nitrogens is 3. The molecule has 1 atom stereocenters. The minimum Gasteiger partial charge on any atom is -0.389 e. The summed E-state index contributed by atoms with van der Waals surface area (Å²) in [5.74, 6) is 0.839. The van der Waals surface area contributed by atoms with Crippen LogP contribution in [0.1, 0.15) is 24.4 Å². The Bertz CT molecular complexity index is 894. The number of benzene rings is 2. The van der Waals surface area contributed by atoms with Crippen LogP contribution in [0.2, 0.25) is 0 Å². The number of nitrogens with zero attached hydrogens (tertiary/aromatic N) is 3. The first-order chi connectivity index (χ1) is 12.5. The summed E-state index contributed by atoms with van der Waals surface area (Å²) < 4.78 is 1.92. The molecule has 3 rings (SSSR count). The highest BCUT2D eigenvalue weighted by Crippen LogP contribution is 2.22. The lowest BCUT2D eigenvalue weighted by Crippen LogP contribution is -2.14. The first-order valence-electron chi connectivity index (χ1n) is 8.22. The van der Waals surface area contributed by atoms with Crippen molar-refractivity contribution in [1.29, 1.82) is 0 Å². The van der Waals surface area contributed by atoms with Crippen LogP contribution in [0.15, 0.2) is 59.8 Å². The molecule has 7 heteroatoms. The predicted octanol–water partition coefficient (Wildman–Crippen LogP) is 3.36. The summed E-state index contributed by atoms with van der Waals surface area (Å²) in [5.41, 5.74) is 2.38. The van der Waals surface area contributed by atoms with E-state index in [9.17, 15) is 9.90 Å². The Morgan fingerprint density at radius 3 is 2.69 bits per heavy atom. The second-order valence-electron chi connectivity index (χ2n) is 5.84. The maximum absolute atomic E-state index is 12.3. The van der Waals surface area contributed by atoms with Crippen molar-refractivity contribution in [2.45, 2.75) is 25.1 Å². The van der Waals surface area contributed by atoms with Crippen molar-refractivity contribution in [3.05, 3.63) is 66.0 Å². The van der Waals surface area contributed by atoms with Gasteiger partial charge in [-0.15, -0.1) is 10.2 Å². The highest BCUT2D eigenvalue weighted by atomic mass is 32.2. The molecular weight excluding hydrogens is 348 g/mol. The molecule has 0 radical (unpaired) electrons. The van der Waals surface area contributed by atoms with E-state index >= 15 is 0 Å². The van der Waals surface area contributed by atoms with Crippen molar-refractivity contribution in [3.8, 4) is 5.69 Å². The molecule has 0 aliphatic carbocycles. The molecule has 3 aromatic rings.